The number of hydrogen-bond donors (Lipinski definition) is 4. The number of nitrogens with two attached hydrogens (primary N) is 1. The number of benzene rings is 2. The monoisotopic (exact) mass is 843 g/mol. The third-order valence-electron chi connectivity index (χ3n) is 11.8. The van der Waals surface area contributed by atoms with Gasteiger partial charge in [-0.15, -0.1) is 0 Å². The second-order valence-electron chi connectivity index (χ2n) is 17.0. The van der Waals surface area contributed by atoms with Crippen molar-refractivity contribution >= 4 is 35.0 Å². The van der Waals surface area contributed by atoms with Gasteiger partial charge < -0.3 is 21.5 Å². The molecule has 4 aromatic heterocycles. The topological polar surface area (TPSA) is 239 Å². The summed E-state index contributed by atoms with van der Waals surface area (Å²) >= 11 is 0. The molecule has 5 N–H and O–H groups in total. The number of carbonyl (C=O) groups excluding carboxylic acids is 1. The SMILES string of the molecule is Cc1cnc(Nc2cnn(C3CC3)c2)nc1-c1ccc(C(=O)CCC2(C#N)CC2)cc1.Cc1cnc(Nc2cnn(C3CC3)c2)nc1-c1ccc(C(=O)O)cc1.N#CC1(CN)CC1. The molecule has 6 aromatic rings. The molecule has 0 aliphatic heterocycles. The number of carboxylic acid groups (broad SMARTS) is 1. The molecule has 4 fully saturated rings. The van der Waals surface area contributed by atoms with E-state index in [0.29, 0.717) is 48.9 Å². The van der Waals surface area contributed by atoms with Crippen LogP contribution in [0.4, 0.5) is 23.3 Å². The van der Waals surface area contributed by atoms with Gasteiger partial charge in [0.2, 0.25) is 11.9 Å². The minimum Gasteiger partial charge on any atom is -0.478 e. The number of nitrogens with one attached hydrogen (secondary N) is 2. The van der Waals surface area contributed by atoms with Crippen molar-refractivity contribution in [3.05, 3.63) is 108 Å². The lowest BCUT2D eigenvalue weighted by Crippen LogP contribution is -2.12. The molecule has 4 saturated carbocycles. The van der Waals surface area contributed by atoms with Crippen LogP contribution in [0.1, 0.15) is 108 Å². The minimum absolute atomic E-state index is 0.0833. The number of aromatic carboxylic acids is 1. The van der Waals surface area contributed by atoms with Crippen LogP contribution in [0.25, 0.3) is 22.5 Å². The van der Waals surface area contributed by atoms with Gasteiger partial charge >= 0.3 is 5.97 Å². The van der Waals surface area contributed by atoms with Crippen LogP contribution in [-0.4, -0.2) is 62.9 Å². The number of nitriles is 2. The molecule has 0 bridgehead atoms. The number of ketones is 1. The van der Waals surface area contributed by atoms with Crippen LogP contribution in [0.5, 0.6) is 0 Å². The third kappa shape index (κ3) is 10.6. The van der Waals surface area contributed by atoms with Crippen molar-refractivity contribution in [1.82, 2.24) is 39.5 Å². The van der Waals surface area contributed by atoms with Gasteiger partial charge in [0.1, 0.15) is 0 Å². The van der Waals surface area contributed by atoms with Gasteiger partial charge in [-0.2, -0.15) is 20.7 Å². The lowest BCUT2D eigenvalue weighted by Gasteiger charge is -2.09. The summed E-state index contributed by atoms with van der Waals surface area (Å²) in [6.07, 6.45) is 20.7. The molecule has 16 nitrogen and oxygen atoms in total. The van der Waals surface area contributed by atoms with Crippen molar-refractivity contribution in [3.8, 4) is 34.7 Å². The molecule has 0 radical (unpaired) electrons. The second kappa shape index (κ2) is 18.0. The molecule has 4 aliphatic rings. The van der Waals surface area contributed by atoms with Gasteiger partial charge in [-0.25, -0.2) is 24.7 Å². The zero-order valence-corrected chi connectivity index (χ0v) is 35.3. The average molecular weight is 844 g/mol. The average Bonchev–Trinajstić information content (AvgIpc) is 4.12. The summed E-state index contributed by atoms with van der Waals surface area (Å²) in [5.41, 5.74) is 12.8. The van der Waals surface area contributed by atoms with Crippen molar-refractivity contribution < 1.29 is 14.7 Å². The van der Waals surface area contributed by atoms with E-state index >= 15 is 0 Å². The number of nitrogens with zero attached hydrogens (tertiary/aromatic N) is 10. The summed E-state index contributed by atoms with van der Waals surface area (Å²) in [7, 11) is 0. The highest BCUT2D eigenvalue weighted by Crippen LogP contribution is 2.49. The van der Waals surface area contributed by atoms with E-state index in [1.165, 1.54) is 25.7 Å². The standard InChI is InChI=1S/C24H24N6O.C18H17N5O2.C5H8N2/c1-16-12-26-23(28-19-13-27-30(14-19)20-6-7-20)29-22(16)18-4-2-17(3-5-18)21(31)8-9-24(15-25)10-11-24;1-11-8-19-18(21-14-9-20-23(10-14)15-6-7-15)22-16(11)12-2-4-13(5-3-12)17(24)25;6-3-5(4-7)1-2-5/h2-5,12-14,20H,6-11H2,1H3,(H,26,28,29);2-5,8-10,15H,6-7H2,1H3,(H,24,25)(H,19,21,22);1-3,6H2. The molecule has 63 heavy (non-hydrogen) atoms. The molecular formula is C47H49N13O3. The summed E-state index contributed by atoms with van der Waals surface area (Å²) in [6.45, 7) is 4.44. The highest BCUT2D eigenvalue weighted by atomic mass is 16.4. The Morgan fingerprint density at radius 1 is 0.714 bits per heavy atom. The van der Waals surface area contributed by atoms with Crippen molar-refractivity contribution in [3.63, 3.8) is 0 Å². The first-order valence-corrected chi connectivity index (χ1v) is 21.3. The lowest BCUT2D eigenvalue weighted by molar-refractivity contribution is 0.0696. The summed E-state index contributed by atoms with van der Waals surface area (Å²) < 4.78 is 3.94. The van der Waals surface area contributed by atoms with E-state index < -0.39 is 5.97 Å². The first-order valence-electron chi connectivity index (χ1n) is 21.3. The van der Waals surface area contributed by atoms with Crippen molar-refractivity contribution in [1.29, 1.82) is 10.5 Å². The van der Waals surface area contributed by atoms with Crippen LogP contribution in [0.3, 0.4) is 0 Å². The highest BCUT2D eigenvalue weighted by Gasteiger charge is 2.43. The van der Waals surface area contributed by atoms with Crippen molar-refractivity contribution in [2.24, 2.45) is 16.6 Å². The predicted molar refractivity (Wildman–Crippen MR) is 236 cm³/mol. The molecule has 2 aromatic carbocycles. The highest BCUT2D eigenvalue weighted by molar-refractivity contribution is 5.96. The van der Waals surface area contributed by atoms with Gasteiger partial charge in [0.05, 0.1) is 75.8 Å². The molecule has 4 heterocycles. The molecule has 4 aliphatic carbocycles. The van der Waals surface area contributed by atoms with Gasteiger partial charge in [0.25, 0.3) is 0 Å². The van der Waals surface area contributed by atoms with Gasteiger partial charge in [-0.1, -0.05) is 36.4 Å². The fourth-order valence-corrected chi connectivity index (χ4v) is 6.89. The zero-order chi connectivity index (χ0) is 44.1. The zero-order valence-electron chi connectivity index (χ0n) is 35.3. The van der Waals surface area contributed by atoms with Gasteiger partial charge in [0.15, 0.2) is 5.78 Å². The van der Waals surface area contributed by atoms with Crippen LogP contribution in [0, 0.1) is 47.3 Å². The van der Waals surface area contributed by atoms with E-state index in [0.717, 1.165) is 70.7 Å². The smallest absolute Gasteiger partial charge is 0.335 e. The van der Waals surface area contributed by atoms with Gasteiger partial charge in [-0.05, 0) is 94.9 Å². The van der Waals surface area contributed by atoms with Crippen LogP contribution in [0.2, 0.25) is 0 Å². The number of Topliss-reactive ketones (excluding diaryl/α,β-unsaturated/α-hetero) is 1. The van der Waals surface area contributed by atoms with E-state index in [-0.39, 0.29) is 22.2 Å². The summed E-state index contributed by atoms with van der Waals surface area (Å²) in [5.74, 6) is 0.143. The molecule has 16 heteroatoms. The normalized spacial score (nSPS) is 16.1. The van der Waals surface area contributed by atoms with Crippen LogP contribution in [0.15, 0.2) is 85.7 Å². The number of anilines is 4. The minimum atomic E-state index is -0.944. The maximum atomic E-state index is 12.5. The number of carbonyl (C=O) groups is 2. The second-order valence-corrected chi connectivity index (χ2v) is 17.0. The van der Waals surface area contributed by atoms with E-state index in [1.54, 1.807) is 49.1 Å². The number of carboxylic acids is 1. The molecule has 0 amide bonds. The molecule has 0 saturated heterocycles. The molecule has 320 valence electrons. The Labute approximate surface area is 365 Å². The Kier molecular flexibility index (Phi) is 12.1. The van der Waals surface area contributed by atoms with Gasteiger partial charge in [-0.3, -0.25) is 14.2 Å². The fourth-order valence-electron chi connectivity index (χ4n) is 6.89. The molecule has 10 rings (SSSR count). The van der Waals surface area contributed by atoms with Crippen molar-refractivity contribution in [2.75, 3.05) is 17.2 Å². The first kappa shape index (κ1) is 42.4. The summed E-state index contributed by atoms with van der Waals surface area (Å²) in [4.78, 5) is 41.5. The Hall–Kier alpha value is -7.30. The summed E-state index contributed by atoms with van der Waals surface area (Å²) in [5, 5.41) is 41.7. The molecule has 0 unspecified atom stereocenters. The number of rotatable bonds is 14. The maximum Gasteiger partial charge on any atom is 0.335 e. The van der Waals surface area contributed by atoms with E-state index in [2.05, 4.69) is 52.9 Å². The number of hydrogen-bond acceptors (Lipinski definition) is 13. The fraction of sp³-hybridized carbons (Fsp3) is 0.362. The lowest BCUT2D eigenvalue weighted by atomic mass is 9.96. The molecule has 0 spiro atoms. The van der Waals surface area contributed by atoms with Crippen molar-refractivity contribution in [2.45, 2.75) is 90.1 Å². The van der Waals surface area contributed by atoms with Crippen LogP contribution in [-0.2, 0) is 0 Å². The van der Waals surface area contributed by atoms with Gasteiger partial charge in [0, 0.05) is 54.4 Å². The Morgan fingerprint density at radius 2 is 1.16 bits per heavy atom. The van der Waals surface area contributed by atoms with Crippen LogP contribution < -0.4 is 16.4 Å². The number of aryl methyl sites for hydroxylation is 2. The number of aromatic nitrogens is 8. The van der Waals surface area contributed by atoms with E-state index in [1.807, 2.05) is 59.9 Å². The maximum absolute atomic E-state index is 12.5. The summed E-state index contributed by atoms with van der Waals surface area (Å²) in [6, 6.07) is 19.8. The van der Waals surface area contributed by atoms with E-state index in [4.69, 9.17) is 16.1 Å². The van der Waals surface area contributed by atoms with Crippen LogP contribution >= 0.6 is 0 Å². The largest absolute Gasteiger partial charge is 0.478 e. The quantitative estimate of drug-likeness (QED) is 0.0751. The Balaban J connectivity index is 0.000000152. The molecular weight excluding hydrogens is 795 g/mol. The third-order valence-corrected chi connectivity index (χ3v) is 11.8. The Morgan fingerprint density at radius 3 is 1.52 bits per heavy atom. The first-order chi connectivity index (χ1) is 30.5. The van der Waals surface area contributed by atoms with E-state index in [9.17, 15) is 14.9 Å². The predicted octanol–water partition coefficient (Wildman–Crippen LogP) is 8.67. The molecule has 0 atom stereocenters. The Bertz CT molecular complexity index is 2690.